The molecule has 0 N–H and O–H groups in total. The zero-order valence-corrected chi connectivity index (χ0v) is 9.53. The summed E-state index contributed by atoms with van der Waals surface area (Å²) in [6, 6.07) is 3.75. The fourth-order valence-corrected chi connectivity index (χ4v) is 3.08. The molecule has 84 valence electrons. The minimum atomic E-state index is -3.03. The molecule has 0 radical (unpaired) electrons. The first kappa shape index (κ1) is 10.7. The summed E-state index contributed by atoms with van der Waals surface area (Å²) < 4.78 is 30.1. The molecule has 0 aliphatic carbocycles. The van der Waals surface area contributed by atoms with Crippen molar-refractivity contribution in [1.82, 2.24) is 4.31 Å². The van der Waals surface area contributed by atoms with Gasteiger partial charge in [0, 0.05) is 19.0 Å². The lowest BCUT2D eigenvalue weighted by Gasteiger charge is -2.14. The van der Waals surface area contributed by atoms with Gasteiger partial charge in [0.15, 0.2) is 0 Å². The average molecular weight is 229 g/mol. The van der Waals surface area contributed by atoms with Crippen LogP contribution in [0.1, 0.15) is 25.0 Å². The van der Waals surface area contributed by atoms with Gasteiger partial charge in [-0.25, -0.2) is 12.7 Å². The van der Waals surface area contributed by atoms with Crippen molar-refractivity contribution in [3.63, 3.8) is 0 Å². The van der Waals surface area contributed by atoms with E-state index in [1.54, 1.807) is 17.5 Å². The lowest BCUT2D eigenvalue weighted by Crippen LogP contribution is -2.29. The molecule has 1 atom stereocenters. The lowest BCUT2D eigenvalue weighted by molar-refractivity contribution is 0.445. The molecule has 1 aliphatic heterocycles. The highest BCUT2D eigenvalue weighted by atomic mass is 32.2. The summed E-state index contributed by atoms with van der Waals surface area (Å²) in [6.45, 7) is 2.85. The third kappa shape index (κ3) is 2.08. The Kier molecular flexibility index (Phi) is 2.84. The van der Waals surface area contributed by atoms with E-state index in [2.05, 4.69) is 0 Å². The molecule has 1 saturated heterocycles. The van der Waals surface area contributed by atoms with Crippen molar-refractivity contribution in [2.45, 2.75) is 19.3 Å². The predicted octanol–water partition coefficient (Wildman–Crippen LogP) is 1.42. The van der Waals surface area contributed by atoms with E-state index < -0.39 is 10.0 Å². The molecule has 0 aromatic carbocycles. The maximum atomic E-state index is 11.6. The average Bonchev–Trinajstić information content (AvgIpc) is 2.88. The SMILES string of the molecule is CCS(=O)(=O)N1CCC(c2ccco2)C1. The Morgan fingerprint density at radius 3 is 3.00 bits per heavy atom. The van der Waals surface area contributed by atoms with E-state index in [1.165, 1.54) is 0 Å². The second-order valence-corrected chi connectivity index (χ2v) is 6.02. The monoisotopic (exact) mass is 229 g/mol. The van der Waals surface area contributed by atoms with Crippen LogP contribution in [0.2, 0.25) is 0 Å². The maximum Gasteiger partial charge on any atom is 0.213 e. The normalized spacial score (nSPS) is 23.4. The van der Waals surface area contributed by atoms with Crippen LogP contribution in [0, 0.1) is 0 Å². The molecule has 0 spiro atoms. The molecule has 1 aromatic heterocycles. The minimum absolute atomic E-state index is 0.178. The molecular weight excluding hydrogens is 214 g/mol. The summed E-state index contributed by atoms with van der Waals surface area (Å²) in [4.78, 5) is 0. The first-order valence-corrected chi connectivity index (χ1v) is 6.75. The lowest BCUT2D eigenvalue weighted by atomic mass is 10.1. The minimum Gasteiger partial charge on any atom is -0.469 e. The molecule has 1 aliphatic rings. The molecule has 1 unspecified atom stereocenters. The number of nitrogens with zero attached hydrogens (tertiary/aromatic N) is 1. The van der Waals surface area contributed by atoms with Crippen molar-refractivity contribution in [1.29, 1.82) is 0 Å². The quantitative estimate of drug-likeness (QED) is 0.787. The van der Waals surface area contributed by atoms with Crippen molar-refractivity contribution in [3.8, 4) is 0 Å². The van der Waals surface area contributed by atoms with E-state index in [1.807, 2.05) is 12.1 Å². The van der Waals surface area contributed by atoms with E-state index in [0.717, 1.165) is 12.2 Å². The summed E-state index contributed by atoms with van der Waals surface area (Å²) >= 11 is 0. The Bertz CT molecular complexity index is 410. The maximum absolute atomic E-state index is 11.6. The molecule has 0 bridgehead atoms. The van der Waals surface area contributed by atoms with Crippen LogP contribution in [0.15, 0.2) is 22.8 Å². The number of sulfonamides is 1. The van der Waals surface area contributed by atoms with Crippen LogP contribution in [0.4, 0.5) is 0 Å². The molecular formula is C10H15NO3S. The van der Waals surface area contributed by atoms with E-state index in [-0.39, 0.29) is 11.7 Å². The fraction of sp³-hybridized carbons (Fsp3) is 0.600. The fourth-order valence-electron chi connectivity index (χ4n) is 1.92. The van der Waals surface area contributed by atoms with Crippen molar-refractivity contribution in [3.05, 3.63) is 24.2 Å². The van der Waals surface area contributed by atoms with Gasteiger partial charge in [0.2, 0.25) is 10.0 Å². The highest BCUT2D eigenvalue weighted by molar-refractivity contribution is 7.89. The highest BCUT2D eigenvalue weighted by Crippen LogP contribution is 2.28. The van der Waals surface area contributed by atoms with Crippen LogP contribution in [0.25, 0.3) is 0 Å². The Hall–Kier alpha value is -0.810. The standard InChI is InChI=1S/C10H15NO3S/c1-2-15(12,13)11-6-5-9(8-11)10-4-3-7-14-10/h3-4,7,9H,2,5-6,8H2,1H3. The molecule has 2 rings (SSSR count). The molecule has 4 nitrogen and oxygen atoms in total. The van der Waals surface area contributed by atoms with E-state index in [9.17, 15) is 8.42 Å². The van der Waals surface area contributed by atoms with Crippen LogP contribution in [0.3, 0.4) is 0 Å². The van der Waals surface area contributed by atoms with Crippen LogP contribution in [-0.4, -0.2) is 31.6 Å². The highest BCUT2D eigenvalue weighted by Gasteiger charge is 2.32. The zero-order valence-electron chi connectivity index (χ0n) is 8.72. The molecule has 1 aromatic rings. The Labute approximate surface area is 89.9 Å². The van der Waals surface area contributed by atoms with Gasteiger partial charge in [-0.15, -0.1) is 0 Å². The number of furan rings is 1. The van der Waals surface area contributed by atoms with Crippen LogP contribution in [-0.2, 0) is 10.0 Å². The summed E-state index contributed by atoms with van der Waals surface area (Å²) in [5.41, 5.74) is 0. The summed E-state index contributed by atoms with van der Waals surface area (Å²) in [7, 11) is -3.03. The van der Waals surface area contributed by atoms with Gasteiger partial charge < -0.3 is 4.42 Å². The van der Waals surface area contributed by atoms with Gasteiger partial charge in [0.1, 0.15) is 5.76 Å². The topological polar surface area (TPSA) is 50.5 Å². The van der Waals surface area contributed by atoms with Gasteiger partial charge in [-0.2, -0.15) is 0 Å². The van der Waals surface area contributed by atoms with Crippen molar-refractivity contribution in [2.24, 2.45) is 0 Å². The predicted molar refractivity (Wildman–Crippen MR) is 57.1 cm³/mol. The summed E-state index contributed by atoms with van der Waals surface area (Å²) in [6.07, 6.45) is 2.49. The summed E-state index contributed by atoms with van der Waals surface area (Å²) in [5.74, 6) is 1.29. The van der Waals surface area contributed by atoms with E-state index >= 15 is 0 Å². The first-order chi connectivity index (χ1) is 7.13. The Balaban J connectivity index is 2.08. The van der Waals surface area contributed by atoms with Gasteiger partial charge >= 0.3 is 0 Å². The number of hydrogen-bond donors (Lipinski definition) is 0. The Morgan fingerprint density at radius 2 is 2.40 bits per heavy atom. The van der Waals surface area contributed by atoms with Crippen LogP contribution >= 0.6 is 0 Å². The number of hydrogen-bond acceptors (Lipinski definition) is 3. The van der Waals surface area contributed by atoms with Crippen molar-refractivity contribution >= 4 is 10.0 Å². The second-order valence-electron chi connectivity index (χ2n) is 3.76. The van der Waals surface area contributed by atoms with Gasteiger partial charge in [-0.3, -0.25) is 0 Å². The molecule has 5 heteroatoms. The third-order valence-corrected chi connectivity index (χ3v) is 4.70. The van der Waals surface area contributed by atoms with E-state index in [0.29, 0.717) is 13.1 Å². The van der Waals surface area contributed by atoms with Crippen molar-refractivity contribution < 1.29 is 12.8 Å². The van der Waals surface area contributed by atoms with Crippen LogP contribution < -0.4 is 0 Å². The Morgan fingerprint density at radius 1 is 1.60 bits per heavy atom. The largest absolute Gasteiger partial charge is 0.469 e. The van der Waals surface area contributed by atoms with E-state index in [4.69, 9.17) is 4.42 Å². The van der Waals surface area contributed by atoms with Gasteiger partial charge in [0.25, 0.3) is 0 Å². The van der Waals surface area contributed by atoms with Crippen LogP contribution in [0.5, 0.6) is 0 Å². The van der Waals surface area contributed by atoms with Gasteiger partial charge in [0.05, 0.1) is 12.0 Å². The molecule has 1 fully saturated rings. The third-order valence-electron chi connectivity index (χ3n) is 2.85. The molecule has 15 heavy (non-hydrogen) atoms. The summed E-state index contributed by atoms with van der Waals surface area (Å²) in [5, 5.41) is 0. The van der Waals surface area contributed by atoms with Crippen molar-refractivity contribution in [2.75, 3.05) is 18.8 Å². The second kappa shape index (κ2) is 3.98. The molecule has 0 saturated carbocycles. The zero-order chi connectivity index (χ0) is 10.9. The van der Waals surface area contributed by atoms with Gasteiger partial charge in [-0.05, 0) is 25.5 Å². The molecule has 0 amide bonds. The molecule has 2 heterocycles. The smallest absolute Gasteiger partial charge is 0.213 e. The first-order valence-electron chi connectivity index (χ1n) is 5.14. The number of rotatable bonds is 3. The van der Waals surface area contributed by atoms with Gasteiger partial charge in [-0.1, -0.05) is 0 Å².